The molecule has 3 atom stereocenters. The van der Waals surface area contributed by atoms with Gasteiger partial charge in [0.15, 0.2) is 0 Å². The van der Waals surface area contributed by atoms with Crippen molar-refractivity contribution in [3.63, 3.8) is 0 Å². The molecule has 3 fully saturated rings. The Bertz CT molecular complexity index is 720. The van der Waals surface area contributed by atoms with E-state index in [0.29, 0.717) is 25.8 Å². The molecule has 0 heterocycles. The fraction of sp³-hybridized carbons (Fsp3) is 0.815. The van der Waals surface area contributed by atoms with Gasteiger partial charge in [0.25, 0.3) is 5.91 Å². The predicted octanol–water partition coefficient (Wildman–Crippen LogP) is 4.89. The molecule has 190 valence electrons. The number of aliphatic hydroxyl groups excluding tert-OH is 1. The van der Waals surface area contributed by atoms with Crippen LogP contribution in [0.2, 0.25) is 0 Å². The SMILES string of the molecule is N#C/C(=C\C1CCC(O)C(NC(=O)OC2CCCCC2)C1)C(=O)NCCCCC1CCCCC1. The molecule has 0 aromatic rings. The standard InChI is InChI=1S/C27H43N3O4/c28-19-22(26(32)29-16-8-7-11-20-9-3-1-4-10-20)17-21-14-15-25(31)24(18-21)30-27(33)34-23-12-5-2-6-13-23/h17,20-21,23-25,31H,1-16,18H2,(H,29,32)(H,30,33)/b22-17+. The van der Waals surface area contributed by atoms with Crippen LogP contribution in [-0.4, -0.2) is 41.9 Å². The van der Waals surface area contributed by atoms with E-state index in [2.05, 4.69) is 10.6 Å². The number of rotatable bonds is 9. The van der Waals surface area contributed by atoms with Gasteiger partial charge in [0.1, 0.15) is 17.7 Å². The number of unbranched alkanes of at least 4 members (excludes halogenated alkanes) is 1. The minimum absolute atomic E-state index is 0.0401. The Morgan fingerprint density at radius 1 is 0.971 bits per heavy atom. The fourth-order valence-corrected chi connectivity index (χ4v) is 5.74. The van der Waals surface area contributed by atoms with Crippen molar-refractivity contribution in [2.75, 3.05) is 6.54 Å². The first-order chi connectivity index (χ1) is 16.5. The number of nitriles is 1. The van der Waals surface area contributed by atoms with Crippen LogP contribution < -0.4 is 10.6 Å². The van der Waals surface area contributed by atoms with Gasteiger partial charge in [-0.1, -0.05) is 57.4 Å². The number of carbonyl (C=O) groups excluding carboxylic acids is 2. The molecular formula is C27H43N3O4. The van der Waals surface area contributed by atoms with Crippen LogP contribution in [0.4, 0.5) is 4.79 Å². The highest BCUT2D eigenvalue weighted by Crippen LogP contribution is 2.28. The Balaban J connectivity index is 1.40. The van der Waals surface area contributed by atoms with Crippen molar-refractivity contribution in [3.05, 3.63) is 11.6 Å². The number of nitrogens with zero attached hydrogens (tertiary/aromatic N) is 1. The maximum atomic E-state index is 12.5. The van der Waals surface area contributed by atoms with Gasteiger partial charge in [-0.3, -0.25) is 4.79 Å². The molecule has 3 aliphatic carbocycles. The number of ether oxygens (including phenoxy) is 1. The molecule has 0 aromatic heterocycles. The third-order valence-electron chi connectivity index (χ3n) is 7.80. The molecule has 34 heavy (non-hydrogen) atoms. The number of aliphatic hydroxyl groups is 1. The minimum Gasteiger partial charge on any atom is -0.446 e. The molecule has 0 saturated heterocycles. The number of allylic oxidation sites excluding steroid dienone is 1. The van der Waals surface area contributed by atoms with Crippen molar-refractivity contribution in [2.24, 2.45) is 11.8 Å². The summed E-state index contributed by atoms with van der Waals surface area (Å²) in [7, 11) is 0. The first kappa shape index (κ1) is 26.5. The third-order valence-corrected chi connectivity index (χ3v) is 7.80. The molecular weight excluding hydrogens is 430 g/mol. The van der Waals surface area contributed by atoms with Crippen LogP contribution in [0, 0.1) is 23.2 Å². The average Bonchev–Trinajstić information content (AvgIpc) is 2.85. The summed E-state index contributed by atoms with van der Waals surface area (Å²) in [6.07, 6.45) is 17.4. The normalized spacial score (nSPS) is 26.9. The number of carbonyl (C=O) groups is 2. The quantitative estimate of drug-likeness (QED) is 0.251. The van der Waals surface area contributed by atoms with Gasteiger partial charge < -0.3 is 20.5 Å². The van der Waals surface area contributed by atoms with Gasteiger partial charge >= 0.3 is 6.09 Å². The number of alkyl carbamates (subject to hydrolysis) is 1. The Hall–Kier alpha value is -2.07. The molecule has 0 aromatic carbocycles. The molecule has 7 heteroatoms. The van der Waals surface area contributed by atoms with E-state index in [-0.39, 0.29) is 23.5 Å². The van der Waals surface area contributed by atoms with Crippen LogP contribution in [-0.2, 0) is 9.53 Å². The number of amides is 2. The van der Waals surface area contributed by atoms with Crippen molar-refractivity contribution in [1.82, 2.24) is 10.6 Å². The molecule has 0 aliphatic heterocycles. The summed E-state index contributed by atoms with van der Waals surface area (Å²) >= 11 is 0. The molecule has 2 amide bonds. The van der Waals surface area contributed by atoms with E-state index < -0.39 is 18.2 Å². The number of nitrogens with one attached hydrogen (secondary N) is 2. The second-order valence-electron chi connectivity index (χ2n) is 10.5. The minimum atomic E-state index is -0.646. The monoisotopic (exact) mass is 473 g/mol. The van der Waals surface area contributed by atoms with Crippen molar-refractivity contribution >= 4 is 12.0 Å². The van der Waals surface area contributed by atoms with E-state index in [1.165, 1.54) is 44.9 Å². The first-order valence-corrected chi connectivity index (χ1v) is 13.6. The molecule has 0 bridgehead atoms. The zero-order chi connectivity index (χ0) is 24.2. The van der Waals surface area contributed by atoms with Gasteiger partial charge in [-0.2, -0.15) is 5.26 Å². The van der Waals surface area contributed by atoms with E-state index in [9.17, 15) is 20.0 Å². The summed E-state index contributed by atoms with van der Waals surface area (Å²) in [5, 5.41) is 25.6. The molecule has 0 radical (unpaired) electrons. The molecule has 3 rings (SSSR count). The van der Waals surface area contributed by atoms with Gasteiger partial charge in [0, 0.05) is 6.54 Å². The first-order valence-electron chi connectivity index (χ1n) is 13.6. The van der Waals surface area contributed by atoms with Crippen molar-refractivity contribution in [3.8, 4) is 6.07 Å². The second kappa shape index (κ2) is 14.4. The zero-order valence-electron chi connectivity index (χ0n) is 20.6. The lowest BCUT2D eigenvalue weighted by Gasteiger charge is -2.33. The maximum Gasteiger partial charge on any atom is 0.407 e. The summed E-state index contributed by atoms with van der Waals surface area (Å²) in [5.41, 5.74) is 0.122. The average molecular weight is 474 g/mol. The van der Waals surface area contributed by atoms with Crippen LogP contribution >= 0.6 is 0 Å². The lowest BCUT2D eigenvalue weighted by Crippen LogP contribution is -2.47. The largest absolute Gasteiger partial charge is 0.446 e. The summed E-state index contributed by atoms with van der Waals surface area (Å²) in [4.78, 5) is 24.8. The highest BCUT2D eigenvalue weighted by atomic mass is 16.6. The smallest absolute Gasteiger partial charge is 0.407 e. The Morgan fingerprint density at radius 2 is 1.68 bits per heavy atom. The summed E-state index contributed by atoms with van der Waals surface area (Å²) in [6.45, 7) is 0.588. The van der Waals surface area contributed by atoms with Crippen LogP contribution in [0.3, 0.4) is 0 Å². The lowest BCUT2D eigenvalue weighted by molar-refractivity contribution is -0.117. The van der Waals surface area contributed by atoms with E-state index in [0.717, 1.165) is 44.4 Å². The van der Waals surface area contributed by atoms with Crippen molar-refractivity contribution in [2.45, 2.75) is 121 Å². The van der Waals surface area contributed by atoms with Gasteiger partial charge in [-0.05, 0) is 63.2 Å². The topological polar surface area (TPSA) is 111 Å². The van der Waals surface area contributed by atoms with E-state index >= 15 is 0 Å². The lowest BCUT2D eigenvalue weighted by atomic mass is 9.83. The molecule has 3 aliphatic rings. The zero-order valence-corrected chi connectivity index (χ0v) is 20.6. The van der Waals surface area contributed by atoms with Crippen molar-refractivity contribution in [1.29, 1.82) is 5.26 Å². The van der Waals surface area contributed by atoms with Crippen LogP contribution in [0.25, 0.3) is 0 Å². The number of hydrogen-bond acceptors (Lipinski definition) is 5. The molecule has 3 saturated carbocycles. The Labute approximate surface area is 204 Å². The fourth-order valence-electron chi connectivity index (χ4n) is 5.74. The Kier molecular flexibility index (Phi) is 11.2. The van der Waals surface area contributed by atoms with Crippen LogP contribution in [0.1, 0.15) is 103 Å². The van der Waals surface area contributed by atoms with Gasteiger partial charge in [0.05, 0.1) is 12.1 Å². The second-order valence-corrected chi connectivity index (χ2v) is 10.5. The van der Waals surface area contributed by atoms with Gasteiger partial charge in [0.2, 0.25) is 0 Å². The van der Waals surface area contributed by atoms with Gasteiger partial charge in [-0.15, -0.1) is 0 Å². The molecule has 7 nitrogen and oxygen atoms in total. The molecule has 0 spiro atoms. The van der Waals surface area contributed by atoms with Crippen LogP contribution in [0.5, 0.6) is 0 Å². The molecule has 3 N–H and O–H groups in total. The van der Waals surface area contributed by atoms with E-state index in [4.69, 9.17) is 4.74 Å². The van der Waals surface area contributed by atoms with Crippen LogP contribution in [0.15, 0.2) is 11.6 Å². The predicted molar refractivity (Wildman–Crippen MR) is 131 cm³/mol. The summed E-state index contributed by atoms with van der Waals surface area (Å²) < 4.78 is 5.53. The third kappa shape index (κ3) is 8.94. The van der Waals surface area contributed by atoms with Gasteiger partial charge in [-0.25, -0.2) is 4.79 Å². The summed E-state index contributed by atoms with van der Waals surface area (Å²) in [6, 6.07) is 1.60. The highest BCUT2D eigenvalue weighted by Gasteiger charge is 2.31. The Morgan fingerprint density at radius 3 is 2.38 bits per heavy atom. The van der Waals surface area contributed by atoms with Crippen molar-refractivity contribution < 1.29 is 19.4 Å². The maximum absolute atomic E-state index is 12.5. The van der Waals surface area contributed by atoms with E-state index in [1.807, 2.05) is 6.07 Å². The number of hydrogen-bond donors (Lipinski definition) is 3. The highest BCUT2D eigenvalue weighted by molar-refractivity contribution is 5.97. The molecule has 3 unspecified atom stereocenters. The van der Waals surface area contributed by atoms with E-state index in [1.54, 1.807) is 6.08 Å². The summed E-state index contributed by atoms with van der Waals surface area (Å²) in [5.74, 6) is 0.477.